The van der Waals surface area contributed by atoms with Gasteiger partial charge in [-0.2, -0.15) is 0 Å². The number of hydrogen-bond acceptors (Lipinski definition) is 4. The molecule has 4 nitrogen and oxygen atoms in total. The van der Waals surface area contributed by atoms with Crippen LogP contribution in [0, 0.1) is 0 Å². The van der Waals surface area contributed by atoms with E-state index in [2.05, 4.69) is 24.3 Å². The summed E-state index contributed by atoms with van der Waals surface area (Å²) in [4.78, 5) is 11.9. The zero-order valence-electron chi connectivity index (χ0n) is 14.1. The lowest BCUT2D eigenvalue weighted by molar-refractivity contribution is -0.479. The van der Waals surface area contributed by atoms with Crippen molar-refractivity contribution in [1.29, 1.82) is 0 Å². The first-order valence-electron chi connectivity index (χ1n) is 8.36. The van der Waals surface area contributed by atoms with Gasteiger partial charge in [0.2, 0.25) is 0 Å². The third-order valence-corrected chi connectivity index (χ3v) is 5.46. The van der Waals surface area contributed by atoms with E-state index in [9.17, 15) is 0 Å². The second-order valence-electron chi connectivity index (χ2n) is 6.61. The van der Waals surface area contributed by atoms with Crippen molar-refractivity contribution >= 4 is 0 Å². The summed E-state index contributed by atoms with van der Waals surface area (Å²) in [5.41, 5.74) is 1.65. The second kappa shape index (κ2) is 5.80. The van der Waals surface area contributed by atoms with Crippen molar-refractivity contribution < 1.29 is 19.2 Å². The molecular formula is C20H22O4. The summed E-state index contributed by atoms with van der Waals surface area (Å²) in [5.74, 6) is 1.71. The van der Waals surface area contributed by atoms with Gasteiger partial charge in [0, 0.05) is 0 Å². The Kier molecular flexibility index (Phi) is 3.74. The standard InChI is InChI=1S/C20H22O4/c1-21-17-7-3-15(4-8-17)19-11-13-20(14-12-19,24-23-19)16-5-9-18(22-2)10-6-16/h3-10H,11-14H2,1-2H3. The summed E-state index contributed by atoms with van der Waals surface area (Å²) in [7, 11) is 3.36. The van der Waals surface area contributed by atoms with Crippen LogP contribution in [0.2, 0.25) is 0 Å². The fourth-order valence-electron chi connectivity index (χ4n) is 3.85. The van der Waals surface area contributed by atoms with E-state index in [1.54, 1.807) is 14.2 Å². The topological polar surface area (TPSA) is 36.9 Å². The van der Waals surface area contributed by atoms with Crippen molar-refractivity contribution in [1.82, 2.24) is 0 Å². The molecule has 1 saturated carbocycles. The third-order valence-electron chi connectivity index (χ3n) is 5.46. The molecule has 0 amide bonds. The van der Waals surface area contributed by atoms with Crippen molar-refractivity contribution in [3.63, 3.8) is 0 Å². The molecule has 3 aliphatic rings. The summed E-state index contributed by atoms with van der Waals surface area (Å²) in [6.45, 7) is 0. The first-order chi connectivity index (χ1) is 11.7. The average Bonchev–Trinajstić information content (AvgIpc) is 2.69. The monoisotopic (exact) mass is 326 g/mol. The zero-order valence-corrected chi connectivity index (χ0v) is 14.1. The average molecular weight is 326 g/mol. The highest BCUT2D eigenvalue weighted by Gasteiger charge is 2.53. The lowest BCUT2D eigenvalue weighted by Crippen LogP contribution is -2.50. The van der Waals surface area contributed by atoms with Crippen LogP contribution in [0.25, 0.3) is 0 Å². The van der Waals surface area contributed by atoms with E-state index in [-0.39, 0.29) is 11.2 Å². The Bertz CT molecular complexity index is 617. The summed E-state index contributed by atoms with van der Waals surface area (Å²) in [6.07, 6.45) is 3.80. The van der Waals surface area contributed by atoms with E-state index in [0.717, 1.165) is 48.3 Å². The number of methoxy groups -OCH3 is 2. The molecule has 126 valence electrons. The van der Waals surface area contributed by atoms with E-state index >= 15 is 0 Å². The number of fused-ring (bicyclic) bond motifs is 3. The summed E-state index contributed by atoms with van der Waals surface area (Å²) in [6, 6.07) is 16.2. The Morgan fingerprint density at radius 1 is 0.625 bits per heavy atom. The Morgan fingerprint density at radius 3 is 1.21 bits per heavy atom. The number of hydrogen-bond donors (Lipinski definition) is 0. The van der Waals surface area contributed by atoms with Crippen molar-refractivity contribution in [2.75, 3.05) is 14.2 Å². The van der Waals surface area contributed by atoms with Gasteiger partial charge in [0.1, 0.15) is 22.7 Å². The molecule has 0 radical (unpaired) electrons. The van der Waals surface area contributed by atoms with Crippen LogP contribution in [-0.2, 0) is 21.0 Å². The van der Waals surface area contributed by atoms with Gasteiger partial charge in [0.15, 0.2) is 0 Å². The molecule has 0 atom stereocenters. The largest absolute Gasteiger partial charge is 0.497 e. The van der Waals surface area contributed by atoms with Crippen LogP contribution in [0.3, 0.4) is 0 Å². The number of rotatable bonds is 4. The van der Waals surface area contributed by atoms with Crippen molar-refractivity contribution in [2.24, 2.45) is 0 Å². The van der Waals surface area contributed by atoms with Crippen molar-refractivity contribution in [3.05, 3.63) is 59.7 Å². The quantitative estimate of drug-likeness (QED) is 0.784. The molecule has 0 N–H and O–H groups in total. The van der Waals surface area contributed by atoms with Gasteiger partial charge in [-0.1, -0.05) is 24.3 Å². The van der Waals surface area contributed by atoms with Gasteiger partial charge in [-0.25, -0.2) is 9.78 Å². The minimum absolute atomic E-state index is 0.333. The van der Waals surface area contributed by atoms with E-state index < -0.39 is 0 Å². The summed E-state index contributed by atoms with van der Waals surface area (Å²) < 4.78 is 10.5. The molecule has 24 heavy (non-hydrogen) atoms. The van der Waals surface area contributed by atoms with Gasteiger partial charge >= 0.3 is 0 Å². The third kappa shape index (κ3) is 2.38. The van der Waals surface area contributed by atoms with Gasteiger partial charge < -0.3 is 9.47 Å². The van der Waals surface area contributed by atoms with Gasteiger partial charge in [0.25, 0.3) is 0 Å². The van der Waals surface area contributed by atoms with E-state index in [1.807, 2.05) is 24.3 Å². The van der Waals surface area contributed by atoms with E-state index in [1.165, 1.54) is 0 Å². The highest BCUT2D eigenvalue weighted by molar-refractivity contribution is 5.35. The predicted molar refractivity (Wildman–Crippen MR) is 90.0 cm³/mol. The molecule has 0 aromatic heterocycles. The Hall–Kier alpha value is -2.04. The van der Waals surface area contributed by atoms with Crippen LogP contribution < -0.4 is 9.47 Å². The lowest BCUT2D eigenvalue weighted by atomic mass is 9.69. The highest BCUT2D eigenvalue weighted by atomic mass is 17.2. The molecule has 2 bridgehead atoms. The van der Waals surface area contributed by atoms with Crippen LogP contribution in [0.1, 0.15) is 36.8 Å². The maximum Gasteiger partial charge on any atom is 0.129 e. The Morgan fingerprint density at radius 2 is 0.958 bits per heavy atom. The first-order valence-corrected chi connectivity index (χ1v) is 8.36. The van der Waals surface area contributed by atoms with Gasteiger partial charge in [-0.15, -0.1) is 0 Å². The number of benzene rings is 2. The highest BCUT2D eigenvalue weighted by Crippen LogP contribution is 2.55. The fourth-order valence-corrected chi connectivity index (χ4v) is 3.85. The number of ether oxygens (including phenoxy) is 2. The molecule has 3 fully saturated rings. The molecule has 2 aromatic carbocycles. The van der Waals surface area contributed by atoms with Gasteiger partial charge in [-0.3, -0.25) is 0 Å². The minimum atomic E-state index is -0.333. The first kappa shape index (κ1) is 15.5. The summed E-state index contributed by atoms with van der Waals surface area (Å²) in [5, 5.41) is 0. The molecule has 1 aliphatic carbocycles. The van der Waals surface area contributed by atoms with Crippen LogP contribution >= 0.6 is 0 Å². The lowest BCUT2D eigenvalue weighted by Gasteiger charge is -2.51. The predicted octanol–water partition coefficient (Wildman–Crippen LogP) is 4.33. The molecular weight excluding hydrogens is 304 g/mol. The molecule has 2 heterocycles. The fraction of sp³-hybridized carbons (Fsp3) is 0.400. The SMILES string of the molecule is COc1ccc(C23CCC(c4ccc(OC)cc4)(CC2)OO3)cc1. The maximum atomic E-state index is 5.97. The Balaban J connectivity index is 1.56. The van der Waals surface area contributed by atoms with E-state index in [4.69, 9.17) is 19.2 Å². The molecule has 5 rings (SSSR count). The van der Waals surface area contributed by atoms with Crippen molar-refractivity contribution in [2.45, 2.75) is 36.9 Å². The van der Waals surface area contributed by atoms with Crippen LogP contribution in [0.15, 0.2) is 48.5 Å². The molecule has 2 aliphatic heterocycles. The van der Waals surface area contributed by atoms with Crippen molar-refractivity contribution in [3.8, 4) is 11.5 Å². The molecule has 0 spiro atoms. The molecule has 4 heteroatoms. The van der Waals surface area contributed by atoms with Gasteiger partial charge in [0.05, 0.1) is 14.2 Å². The Labute approximate surface area is 142 Å². The zero-order chi connectivity index (χ0) is 16.6. The van der Waals surface area contributed by atoms with Crippen LogP contribution in [0.5, 0.6) is 11.5 Å². The molecule has 2 aromatic rings. The summed E-state index contributed by atoms with van der Waals surface area (Å²) >= 11 is 0. The van der Waals surface area contributed by atoms with Crippen LogP contribution in [0.4, 0.5) is 0 Å². The van der Waals surface area contributed by atoms with E-state index in [0.29, 0.717) is 0 Å². The normalized spacial score (nSPS) is 28.6. The smallest absolute Gasteiger partial charge is 0.129 e. The second-order valence-corrected chi connectivity index (χ2v) is 6.61. The molecule has 2 saturated heterocycles. The maximum absolute atomic E-state index is 5.97. The molecule has 0 unspecified atom stereocenters. The van der Waals surface area contributed by atoms with Crippen LogP contribution in [-0.4, -0.2) is 14.2 Å². The minimum Gasteiger partial charge on any atom is -0.497 e. The van der Waals surface area contributed by atoms with Gasteiger partial charge in [-0.05, 0) is 61.1 Å².